The monoisotopic (exact) mass is 378 g/mol. The summed E-state index contributed by atoms with van der Waals surface area (Å²) in [6.45, 7) is 9.91. The second-order valence-electron chi connectivity index (χ2n) is 7.37. The number of aliphatic hydroxyl groups is 2. The van der Waals surface area contributed by atoms with E-state index in [1.165, 1.54) is 6.92 Å². The predicted molar refractivity (Wildman–Crippen MR) is 96.4 cm³/mol. The van der Waals surface area contributed by atoms with E-state index in [2.05, 4.69) is 6.58 Å². The van der Waals surface area contributed by atoms with E-state index >= 15 is 0 Å². The molecule has 0 unspecified atom stereocenters. The van der Waals surface area contributed by atoms with Crippen molar-refractivity contribution < 1.29 is 34.1 Å². The van der Waals surface area contributed by atoms with Crippen LogP contribution in [0.25, 0.3) is 0 Å². The largest absolute Gasteiger partial charge is 0.458 e. The van der Waals surface area contributed by atoms with Crippen LogP contribution in [-0.4, -0.2) is 51.8 Å². The van der Waals surface area contributed by atoms with E-state index in [1.54, 1.807) is 32.9 Å². The van der Waals surface area contributed by atoms with Crippen molar-refractivity contribution in [2.45, 2.75) is 64.4 Å². The summed E-state index contributed by atoms with van der Waals surface area (Å²) in [7, 11) is 0. The average Bonchev–Trinajstić information content (AvgIpc) is 2.86. The third-order valence-corrected chi connectivity index (χ3v) is 5.21. The van der Waals surface area contributed by atoms with Gasteiger partial charge in [0, 0.05) is 24.0 Å². The smallest absolute Gasteiger partial charge is 0.334 e. The maximum Gasteiger partial charge on any atom is 0.334 e. The molecule has 7 nitrogen and oxygen atoms in total. The summed E-state index contributed by atoms with van der Waals surface area (Å²) < 4.78 is 10.9. The Bertz CT molecular complexity index is 729. The topological polar surface area (TPSA) is 110 Å². The van der Waals surface area contributed by atoms with Crippen LogP contribution in [0.2, 0.25) is 0 Å². The number of esters is 2. The van der Waals surface area contributed by atoms with E-state index in [0.29, 0.717) is 11.1 Å². The Hall–Kier alpha value is -2.25. The van der Waals surface area contributed by atoms with Crippen molar-refractivity contribution in [3.05, 3.63) is 35.5 Å². The van der Waals surface area contributed by atoms with Crippen LogP contribution < -0.4 is 0 Å². The molecule has 2 rings (SSSR count). The molecule has 1 saturated heterocycles. The van der Waals surface area contributed by atoms with Gasteiger partial charge in [-0.1, -0.05) is 12.7 Å². The molecule has 2 N–H and O–H groups in total. The van der Waals surface area contributed by atoms with Gasteiger partial charge in [0.1, 0.15) is 17.8 Å². The minimum atomic E-state index is -1.86. The summed E-state index contributed by atoms with van der Waals surface area (Å²) in [5.74, 6) is -2.61. The molecular weight excluding hydrogens is 352 g/mol. The Kier molecular flexibility index (Phi) is 6.07. The molecule has 2 aliphatic rings. The third kappa shape index (κ3) is 4.36. The number of carbonyl (C=O) groups is 3. The highest BCUT2D eigenvalue weighted by Gasteiger charge is 2.48. The molecular formula is C20H26O7. The molecule has 27 heavy (non-hydrogen) atoms. The zero-order valence-corrected chi connectivity index (χ0v) is 16.0. The number of hydrogen-bond donors (Lipinski definition) is 2. The lowest BCUT2D eigenvalue weighted by molar-refractivity contribution is -0.156. The minimum Gasteiger partial charge on any atom is -0.458 e. The Labute approximate surface area is 158 Å². The maximum absolute atomic E-state index is 12.5. The Morgan fingerprint density at radius 2 is 2.07 bits per heavy atom. The Morgan fingerprint density at radius 3 is 2.67 bits per heavy atom. The molecule has 0 radical (unpaired) electrons. The highest BCUT2D eigenvalue weighted by molar-refractivity contribution is 5.92. The molecule has 0 amide bonds. The second kappa shape index (κ2) is 7.78. The van der Waals surface area contributed by atoms with Gasteiger partial charge < -0.3 is 19.7 Å². The molecule has 1 heterocycles. The van der Waals surface area contributed by atoms with Crippen molar-refractivity contribution in [3.8, 4) is 0 Å². The SMILES string of the molecule is C=C1C(=O)O[C@@H]2/C=C(\C)[C@@H](O)CC(=O)[C@](C)(O)C[C@@H](OC(=O)/C(C)=C/C)[C@@H]12. The first-order valence-corrected chi connectivity index (χ1v) is 8.83. The van der Waals surface area contributed by atoms with Crippen molar-refractivity contribution in [2.24, 2.45) is 5.92 Å². The molecule has 0 aromatic rings. The highest BCUT2D eigenvalue weighted by Crippen LogP contribution is 2.37. The van der Waals surface area contributed by atoms with Crippen LogP contribution >= 0.6 is 0 Å². The lowest BCUT2D eigenvalue weighted by Gasteiger charge is -2.33. The fourth-order valence-electron chi connectivity index (χ4n) is 3.20. The van der Waals surface area contributed by atoms with Crippen LogP contribution in [0.15, 0.2) is 35.5 Å². The fraction of sp³-hybridized carbons (Fsp3) is 0.550. The minimum absolute atomic E-state index is 0.0956. The van der Waals surface area contributed by atoms with Gasteiger partial charge in [0.05, 0.1) is 12.0 Å². The fourth-order valence-corrected chi connectivity index (χ4v) is 3.20. The number of carbonyl (C=O) groups excluding carboxylic acids is 3. The van der Waals surface area contributed by atoms with Crippen LogP contribution in [0.5, 0.6) is 0 Å². The van der Waals surface area contributed by atoms with Crippen molar-refractivity contribution in [2.75, 3.05) is 0 Å². The predicted octanol–water partition coefficient (Wildman–Crippen LogP) is 1.38. The van der Waals surface area contributed by atoms with E-state index in [4.69, 9.17) is 9.47 Å². The quantitative estimate of drug-likeness (QED) is 0.424. The number of rotatable bonds is 2. The molecule has 5 atom stereocenters. The first-order chi connectivity index (χ1) is 12.5. The summed E-state index contributed by atoms with van der Waals surface area (Å²) in [5, 5.41) is 20.9. The van der Waals surface area contributed by atoms with Crippen molar-refractivity contribution in [1.82, 2.24) is 0 Å². The normalized spacial score (nSPS) is 37.2. The lowest BCUT2D eigenvalue weighted by Crippen LogP contribution is -2.46. The lowest BCUT2D eigenvalue weighted by atomic mass is 9.79. The summed E-state index contributed by atoms with van der Waals surface area (Å²) in [4.78, 5) is 36.8. The molecule has 0 aromatic heterocycles. The second-order valence-corrected chi connectivity index (χ2v) is 7.37. The zero-order valence-electron chi connectivity index (χ0n) is 16.0. The molecule has 0 saturated carbocycles. The van der Waals surface area contributed by atoms with Gasteiger partial charge >= 0.3 is 11.9 Å². The molecule has 1 fully saturated rings. The molecule has 7 heteroatoms. The van der Waals surface area contributed by atoms with Crippen LogP contribution in [-0.2, 0) is 23.9 Å². The Balaban J connectivity index is 2.52. The van der Waals surface area contributed by atoms with Crippen molar-refractivity contribution >= 4 is 17.7 Å². The van der Waals surface area contributed by atoms with Crippen LogP contribution in [0.1, 0.15) is 40.5 Å². The van der Waals surface area contributed by atoms with E-state index in [0.717, 1.165) is 0 Å². The van der Waals surface area contributed by atoms with Crippen LogP contribution in [0.4, 0.5) is 0 Å². The van der Waals surface area contributed by atoms with E-state index < -0.39 is 47.6 Å². The van der Waals surface area contributed by atoms with Gasteiger partial charge in [-0.25, -0.2) is 9.59 Å². The first kappa shape index (κ1) is 21.1. The van der Waals surface area contributed by atoms with E-state index in [9.17, 15) is 24.6 Å². The number of Topliss-reactive ketones (excluding diaryl/α,β-unsaturated/α-hetero) is 1. The molecule has 1 aliphatic heterocycles. The number of fused-ring (bicyclic) bond motifs is 1. The summed E-state index contributed by atoms with van der Waals surface area (Å²) in [6, 6.07) is 0. The van der Waals surface area contributed by atoms with Crippen molar-refractivity contribution in [3.63, 3.8) is 0 Å². The third-order valence-electron chi connectivity index (χ3n) is 5.21. The van der Waals surface area contributed by atoms with E-state index in [1.807, 2.05) is 0 Å². The first-order valence-electron chi connectivity index (χ1n) is 8.83. The number of ketones is 1. The van der Waals surface area contributed by atoms with E-state index in [-0.39, 0.29) is 18.4 Å². The van der Waals surface area contributed by atoms with Gasteiger partial charge in [-0.3, -0.25) is 4.79 Å². The van der Waals surface area contributed by atoms with Gasteiger partial charge in [-0.15, -0.1) is 0 Å². The number of aliphatic hydroxyl groups excluding tert-OH is 1. The summed E-state index contributed by atoms with van der Waals surface area (Å²) in [5.41, 5.74) is -0.983. The van der Waals surface area contributed by atoms with Gasteiger partial charge in [-0.2, -0.15) is 0 Å². The Morgan fingerprint density at radius 1 is 1.44 bits per heavy atom. The highest BCUT2D eigenvalue weighted by atomic mass is 16.6. The van der Waals surface area contributed by atoms with Gasteiger partial charge in [0.2, 0.25) is 0 Å². The van der Waals surface area contributed by atoms with Gasteiger partial charge in [-0.05, 0) is 39.3 Å². The van der Waals surface area contributed by atoms with Crippen LogP contribution in [0, 0.1) is 5.92 Å². The van der Waals surface area contributed by atoms with Gasteiger partial charge in [0.25, 0.3) is 0 Å². The van der Waals surface area contributed by atoms with Crippen molar-refractivity contribution in [1.29, 1.82) is 0 Å². The number of hydrogen-bond acceptors (Lipinski definition) is 7. The summed E-state index contributed by atoms with van der Waals surface area (Å²) >= 11 is 0. The number of ether oxygens (including phenoxy) is 2. The summed E-state index contributed by atoms with van der Waals surface area (Å²) in [6.07, 6.45) is -0.346. The standard InChI is InChI=1S/C20H26O7/c1-6-10(2)18(23)27-15-9-20(5,25)16(22)8-13(21)11(3)7-14-17(15)12(4)19(24)26-14/h6-7,13-15,17,21,25H,4,8-9H2,1-3,5H3/b10-6+,11-7+/t13-,14+,15+,17-,20+/m0/s1. The molecule has 148 valence electrons. The zero-order chi connectivity index (χ0) is 20.5. The number of allylic oxidation sites excluding steroid dienone is 1. The molecule has 1 aliphatic carbocycles. The van der Waals surface area contributed by atoms with Gasteiger partial charge in [0.15, 0.2) is 5.78 Å². The molecule has 0 spiro atoms. The molecule has 0 bridgehead atoms. The molecule has 0 aromatic carbocycles. The maximum atomic E-state index is 12.5. The average molecular weight is 378 g/mol. The van der Waals surface area contributed by atoms with Crippen LogP contribution in [0.3, 0.4) is 0 Å².